The van der Waals surface area contributed by atoms with E-state index < -0.39 is 41.4 Å². The Kier molecular flexibility index (Phi) is 4.26. The molecule has 0 saturated carbocycles. The summed E-state index contributed by atoms with van der Waals surface area (Å²) in [6.45, 7) is 0. The number of halogens is 5. The molecule has 1 aliphatic rings. The van der Waals surface area contributed by atoms with E-state index in [0.29, 0.717) is 3.57 Å². The zero-order chi connectivity index (χ0) is 14.9. The topological polar surface area (TPSA) is 30.0 Å². The number of ketones is 1. The second-order valence-electron chi connectivity index (χ2n) is 4.17. The van der Waals surface area contributed by atoms with E-state index in [4.69, 9.17) is 0 Å². The van der Waals surface area contributed by atoms with Gasteiger partial charge in [0.25, 0.3) is 0 Å². The molecule has 0 radical (unpaired) electrons. The molecule has 1 heterocycles. The lowest BCUT2D eigenvalue weighted by Gasteiger charge is -2.20. The van der Waals surface area contributed by atoms with Gasteiger partial charge in [-0.05, 0) is 46.9 Å². The van der Waals surface area contributed by atoms with Gasteiger partial charge in [-0.2, -0.15) is 8.78 Å². The molecule has 2 nitrogen and oxygen atoms in total. The van der Waals surface area contributed by atoms with E-state index in [1.165, 1.54) is 12.3 Å². The average Bonchev–Trinajstić information content (AvgIpc) is 2.38. The van der Waals surface area contributed by atoms with Crippen LogP contribution >= 0.6 is 22.6 Å². The fourth-order valence-corrected chi connectivity index (χ4v) is 2.03. The second-order valence-corrected chi connectivity index (χ2v) is 5.42. The molecule has 1 aromatic heterocycles. The second kappa shape index (κ2) is 5.63. The number of carbonyl (C=O) groups excluding carboxylic acids is 1. The van der Waals surface area contributed by atoms with Crippen LogP contribution in [0.4, 0.5) is 17.6 Å². The average molecular weight is 397 g/mol. The van der Waals surface area contributed by atoms with Crippen LogP contribution in [0.5, 0.6) is 0 Å². The van der Waals surface area contributed by atoms with E-state index in [2.05, 4.69) is 4.98 Å². The molecular weight excluding hydrogens is 389 g/mol. The van der Waals surface area contributed by atoms with Gasteiger partial charge in [-0.3, -0.25) is 9.78 Å². The Morgan fingerprint density at radius 3 is 2.60 bits per heavy atom. The smallest absolute Gasteiger partial charge is 0.287 e. The van der Waals surface area contributed by atoms with Gasteiger partial charge in [0.2, 0.25) is 5.78 Å². The lowest BCUT2D eigenvalue weighted by atomic mass is 9.93. The maximum absolute atomic E-state index is 14.0. The van der Waals surface area contributed by atoms with Crippen molar-refractivity contribution in [2.45, 2.75) is 18.5 Å². The quantitative estimate of drug-likeness (QED) is 0.573. The summed E-state index contributed by atoms with van der Waals surface area (Å²) < 4.78 is 55.0. The predicted octanol–water partition coefficient (Wildman–Crippen LogP) is 3.87. The van der Waals surface area contributed by atoms with Gasteiger partial charge in [0.1, 0.15) is 17.7 Å². The van der Waals surface area contributed by atoms with Crippen LogP contribution in [0.1, 0.15) is 12.1 Å². The fraction of sp³-hybridized carbons (Fsp3) is 0.231. The number of alkyl halides is 3. The van der Waals surface area contributed by atoms with Crippen LogP contribution in [0.2, 0.25) is 0 Å². The minimum absolute atomic E-state index is 0.625. The summed E-state index contributed by atoms with van der Waals surface area (Å²) in [7, 11) is 0. The molecule has 1 aliphatic carbocycles. The summed E-state index contributed by atoms with van der Waals surface area (Å²) in [5.74, 6) is -6.42. The fourth-order valence-electron chi connectivity index (χ4n) is 1.71. The van der Waals surface area contributed by atoms with Gasteiger partial charge < -0.3 is 0 Å². The third-order valence-electron chi connectivity index (χ3n) is 2.75. The molecule has 1 aromatic rings. The molecule has 20 heavy (non-hydrogen) atoms. The summed E-state index contributed by atoms with van der Waals surface area (Å²) in [6, 6.07) is 2.37. The van der Waals surface area contributed by atoms with E-state index in [1.54, 1.807) is 0 Å². The molecule has 2 rings (SSSR count). The molecule has 7 heteroatoms. The van der Waals surface area contributed by atoms with Crippen LogP contribution in [0.15, 0.2) is 41.9 Å². The highest BCUT2D eigenvalue weighted by Crippen LogP contribution is 2.34. The molecule has 1 unspecified atom stereocenters. The standard InChI is InChI=1S/C13H8F4INO/c14-7-1-3-9(10(15)5-7)12(20)13(16,17)11-4-2-8(18)6-19-11/h1-4,6,10H,5H2. The van der Waals surface area contributed by atoms with Gasteiger partial charge in [-0.1, -0.05) is 0 Å². The van der Waals surface area contributed by atoms with E-state index in [1.807, 2.05) is 22.6 Å². The monoisotopic (exact) mass is 397 g/mol. The number of allylic oxidation sites excluding steroid dienone is 4. The maximum atomic E-state index is 14.0. The molecule has 0 saturated heterocycles. The number of carbonyl (C=O) groups is 1. The first-order valence-electron chi connectivity index (χ1n) is 5.57. The Bertz CT molecular complexity index is 595. The van der Waals surface area contributed by atoms with Crippen molar-refractivity contribution < 1.29 is 22.4 Å². The zero-order valence-electron chi connectivity index (χ0n) is 9.92. The molecule has 0 fully saturated rings. The Balaban J connectivity index is 2.34. The van der Waals surface area contributed by atoms with Gasteiger partial charge in [0.05, 0.1) is 0 Å². The van der Waals surface area contributed by atoms with Crippen molar-refractivity contribution in [2.24, 2.45) is 0 Å². The first-order valence-corrected chi connectivity index (χ1v) is 6.65. The number of aromatic nitrogens is 1. The van der Waals surface area contributed by atoms with Crippen molar-refractivity contribution in [2.75, 3.05) is 0 Å². The van der Waals surface area contributed by atoms with Crippen LogP contribution in [-0.4, -0.2) is 16.9 Å². The number of nitrogens with zero attached hydrogens (tertiary/aromatic N) is 1. The number of rotatable bonds is 3. The Morgan fingerprint density at radius 2 is 2.05 bits per heavy atom. The highest BCUT2D eigenvalue weighted by molar-refractivity contribution is 14.1. The maximum Gasteiger partial charge on any atom is 0.351 e. The van der Waals surface area contributed by atoms with Crippen LogP contribution in [0.25, 0.3) is 0 Å². The van der Waals surface area contributed by atoms with E-state index >= 15 is 0 Å². The van der Waals surface area contributed by atoms with Gasteiger partial charge in [0.15, 0.2) is 0 Å². The highest BCUT2D eigenvalue weighted by atomic mass is 127. The first kappa shape index (κ1) is 15.1. The molecule has 0 aliphatic heterocycles. The molecule has 106 valence electrons. The first-order chi connectivity index (χ1) is 9.32. The molecule has 1 atom stereocenters. The summed E-state index contributed by atoms with van der Waals surface area (Å²) >= 11 is 1.88. The van der Waals surface area contributed by atoms with Crippen molar-refractivity contribution in [1.82, 2.24) is 4.98 Å². The Morgan fingerprint density at radius 1 is 1.35 bits per heavy atom. The lowest BCUT2D eigenvalue weighted by molar-refractivity contribution is -0.141. The van der Waals surface area contributed by atoms with E-state index in [0.717, 1.165) is 18.2 Å². The number of hydrogen-bond donors (Lipinski definition) is 0. The number of hydrogen-bond acceptors (Lipinski definition) is 2. The van der Waals surface area contributed by atoms with Crippen LogP contribution in [0, 0.1) is 3.57 Å². The van der Waals surface area contributed by atoms with Gasteiger partial charge >= 0.3 is 5.92 Å². The predicted molar refractivity (Wildman–Crippen MR) is 72.6 cm³/mol. The summed E-state index contributed by atoms with van der Waals surface area (Å²) in [6.07, 6.45) is -0.0120. The molecule has 0 bridgehead atoms. The summed E-state index contributed by atoms with van der Waals surface area (Å²) in [5.41, 5.74) is -1.50. The summed E-state index contributed by atoms with van der Waals surface area (Å²) in [4.78, 5) is 15.3. The molecule has 0 spiro atoms. The lowest BCUT2D eigenvalue weighted by Crippen LogP contribution is -2.32. The van der Waals surface area contributed by atoms with Crippen molar-refractivity contribution in [3.8, 4) is 0 Å². The Labute approximate surface area is 125 Å². The molecule has 0 aromatic carbocycles. The Hall–Kier alpha value is -1.25. The van der Waals surface area contributed by atoms with Gasteiger partial charge in [-0.15, -0.1) is 0 Å². The molecular formula is C13H8F4INO. The third kappa shape index (κ3) is 2.92. The van der Waals surface area contributed by atoms with Crippen molar-refractivity contribution in [3.05, 3.63) is 51.1 Å². The van der Waals surface area contributed by atoms with Crippen LogP contribution in [0.3, 0.4) is 0 Å². The minimum atomic E-state index is -3.94. The summed E-state index contributed by atoms with van der Waals surface area (Å²) in [5, 5.41) is 0. The van der Waals surface area contributed by atoms with Crippen LogP contribution < -0.4 is 0 Å². The highest BCUT2D eigenvalue weighted by Gasteiger charge is 2.46. The zero-order valence-corrected chi connectivity index (χ0v) is 12.1. The van der Waals surface area contributed by atoms with E-state index in [9.17, 15) is 22.4 Å². The number of pyridine rings is 1. The molecule has 0 N–H and O–H groups in total. The van der Waals surface area contributed by atoms with Gasteiger partial charge in [-0.25, -0.2) is 8.78 Å². The van der Waals surface area contributed by atoms with Crippen molar-refractivity contribution in [1.29, 1.82) is 0 Å². The van der Waals surface area contributed by atoms with Crippen molar-refractivity contribution >= 4 is 28.4 Å². The van der Waals surface area contributed by atoms with E-state index in [-0.39, 0.29) is 0 Å². The number of Topliss-reactive ketones (excluding diaryl/α,β-unsaturated/α-hetero) is 1. The third-order valence-corrected chi connectivity index (χ3v) is 3.39. The van der Waals surface area contributed by atoms with Crippen molar-refractivity contribution in [3.63, 3.8) is 0 Å². The largest absolute Gasteiger partial charge is 0.351 e. The van der Waals surface area contributed by atoms with Gasteiger partial charge in [0, 0.05) is 21.8 Å². The minimum Gasteiger partial charge on any atom is -0.287 e. The van der Waals surface area contributed by atoms with Crippen LogP contribution in [-0.2, 0) is 10.7 Å². The molecule has 0 amide bonds. The normalized spacial score (nSPS) is 19.4. The SMILES string of the molecule is O=C(C1=CC=C(F)CC1F)C(F)(F)c1ccc(I)cn1.